The van der Waals surface area contributed by atoms with Crippen molar-refractivity contribution in [3.63, 3.8) is 0 Å². The highest BCUT2D eigenvalue weighted by atomic mass is 32.2. The summed E-state index contributed by atoms with van der Waals surface area (Å²) in [6, 6.07) is 18.7. The number of nitro benzene ring substituents is 1. The van der Waals surface area contributed by atoms with Crippen LogP contribution in [0.1, 0.15) is 85.8 Å². The molecule has 1 aliphatic carbocycles. The van der Waals surface area contributed by atoms with Gasteiger partial charge < -0.3 is 29.6 Å². The minimum atomic E-state index is -4.66. The summed E-state index contributed by atoms with van der Waals surface area (Å²) in [5.74, 6) is 0.304. The van der Waals surface area contributed by atoms with Gasteiger partial charge in [-0.15, -0.1) is 0 Å². The van der Waals surface area contributed by atoms with Crippen LogP contribution in [0.3, 0.4) is 0 Å². The van der Waals surface area contributed by atoms with Crippen molar-refractivity contribution in [2.75, 3.05) is 76.2 Å². The first-order valence-electron chi connectivity index (χ1n) is 23.2. The molecule has 3 N–H and O–H groups in total. The molecule has 1 spiro atoms. The fourth-order valence-electron chi connectivity index (χ4n) is 10.9. The number of hydrogen-bond acceptors (Lipinski definition) is 14. The highest BCUT2D eigenvalue weighted by molar-refractivity contribution is 7.90. The fourth-order valence-corrected chi connectivity index (χ4v) is 11.9. The van der Waals surface area contributed by atoms with E-state index in [0.717, 1.165) is 70.1 Å². The van der Waals surface area contributed by atoms with Gasteiger partial charge in [0.25, 0.3) is 21.6 Å². The number of piperidine rings is 1. The van der Waals surface area contributed by atoms with Crippen molar-refractivity contribution in [2.24, 2.45) is 5.41 Å². The molecule has 10 rings (SSSR count). The number of likely N-dealkylation sites (N-methyl/N-ethyl adjacent to an activating group) is 1. The molecule has 4 fully saturated rings. The van der Waals surface area contributed by atoms with E-state index in [9.17, 15) is 23.3 Å². The number of H-pyrrole nitrogens is 1. The zero-order chi connectivity index (χ0) is 45.7. The number of carbonyl (C=O) groups is 1. The predicted octanol–water partition coefficient (Wildman–Crippen LogP) is 6.91. The molecule has 18 heteroatoms. The van der Waals surface area contributed by atoms with Crippen LogP contribution in [-0.4, -0.2) is 127 Å². The van der Waals surface area contributed by atoms with Crippen LogP contribution in [0.4, 0.5) is 17.2 Å². The molecule has 2 atom stereocenters. The van der Waals surface area contributed by atoms with E-state index < -0.39 is 31.4 Å². The van der Waals surface area contributed by atoms with Gasteiger partial charge in [0.15, 0.2) is 11.4 Å². The van der Waals surface area contributed by atoms with Crippen LogP contribution in [0, 0.1) is 15.5 Å². The maximum Gasteiger partial charge on any atom is 0.297 e. The number of rotatable bonds is 12. The molecule has 66 heavy (non-hydrogen) atoms. The summed E-state index contributed by atoms with van der Waals surface area (Å²) in [7, 11) is -2.60. The van der Waals surface area contributed by atoms with Crippen molar-refractivity contribution in [1.29, 1.82) is 0 Å². The molecular formula is C48H58N10O7S. The first-order chi connectivity index (χ1) is 31.8. The topological polar surface area (TPSA) is 191 Å². The summed E-state index contributed by atoms with van der Waals surface area (Å²) in [6.07, 6.45) is 10.1. The standard InChI is InChI=1S/C48H58N10O7S/c1-31(2)37-7-4-5-8-38(37)40-9-6-16-57(40)34-26-48(27-34)13-17-56(18-14-48)43-11-10-39(47(52-43)65-35-23-32-12-15-49-45(32)50-28-35)46(59)53-66(62,63)36-24-41(58(60)61)44-42(25-36)64-30-33(51-44)29-55-21-19-54(3)20-22-55/h4-5,7-8,10-12,15,23-25,28,31,33-34,40,51H,6,9,13-14,16-22,26-27,29-30H2,1-3H3,(H,49,50)(H,53,59)/t33-,40-/m0/s1. The summed E-state index contributed by atoms with van der Waals surface area (Å²) in [6.45, 7) is 11.6. The molecular weight excluding hydrogens is 861 g/mol. The third-order valence-electron chi connectivity index (χ3n) is 14.6. The molecule has 3 saturated heterocycles. The molecule has 17 nitrogen and oxygen atoms in total. The van der Waals surface area contributed by atoms with Crippen molar-refractivity contribution >= 4 is 44.2 Å². The molecule has 4 aliphatic heterocycles. The van der Waals surface area contributed by atoms with Gasteiger partial charge in [-0.2, -0.15) is 4.98 Å². The molecule has 5 aromatic rings. The monoisotopic (exact) mass is 918 g/mol. The molecule has 348 valence electrons. The van der Waals surface area contributed by atoms with Crippen LogP contribution in [0.25, 0.3) is 11.0 Å². The average molecular weight is 919 g/mol. The van der Waals surface area contributed by atoms with E-state index in [1.54, 1.807) is 18.3 Å². The number of carbonyl (C=O) groups excluding carboxylic acids is 1. The molecule has 5 aliphatic rings. The van der Waals surface area contributed by atoms with E-state index in [-0.39, 0.29) is 40.9 Å². The molecule has 3 aromatic heterocycles. The van der Waals surface area contributed by atoms with E-state index in [2.05, 4.69) is 84.8 Å². The number of benzene rings is 2. The number of aromatic nitrogens is 3. The van der Waals surface area contributed by atoms with Gasteiger partial charge in [0.05, 0.1) is 22.1 Å². The Bertz CT molecular complexity index is 2740. The number of sulfonamides is 1. The Balaban J connectivity index is 0.848. The van der Waals surface area contributed by atoms with Gasteiger partial charge in [-0.25, -0.2) is 18.1 Å². The number of anilines is 2. The first-order valence-corrected chi connectivity index (χ1v) is 24.7. The molecule has 2 aromatic carbocycles. The van der Waals surface area contributed by atoms with Crippen molar-refractivity contribution in [1.82, 2.24) is 34.4 Å². The number of nitro groups is 1. The number of hydrogen-bond donors (Lipinski definition) is 3. The minimum Gasteiger partial charge on any atom is -0.489 e. The number of fused-ring (bicyclic) bond motifs is 2. The van der Waals surface area contributed by atoms with Crippen molar-refractivity contribution < 1.29 is 27.6 Å². The highest BCUT2D eigenvalue weighted by Crippen LogP contribution is 2.54. The minimum absolute atomic E-state index is 0.0164. The summed E-state index contributed by atoms with van der Waals surface area (Å²) >= 11 is 0. The van der Waals surface area contributed by atoms with Crippen LogP contribution >= 0.6 is 0 Å². The highest BCUT2D eigenvalue weighted by Gasteiger charge is 2.50. The van der Waals surface area contributed by atoms with Gasteiger partial charge in [0, 0.05) is 81.6 Å². The molecule has 0 bridgehead atoms. The van der Waals surface area contributed by atoms with Gasteiger partial charge in [-0.1, -0.05) is 38.1 Å². The Morgan fingerprint density at radius 1 is 1.03 bits per heavy atom. The smallest absolute Gasteiger partial charge is 0.297 e. The van der Waals surface area contributed by atoms with Crippen LogP contribution in [0.5, 0.6) is 17.4 Å². The van der Waals surface area contributed by atoms with Gasteiger partial charge in [0.1, 0.15) is 29.4 Å². The molecule has 0 radical (unpaired) electrons. The Kier molecular flexibility index (Phi) is 11.9. The fraction of sp³-hybridized carbons (Fsp3) is 0.479. The largest absolute Gasteiger partial charge is 0.489 e. The van der Waals surface area contributed by atoms with Gasteiger partial charge in [-0.05, 0) is 98.8 Å². The van der Waals surface area contributed by atoms with Crippen molar-refractivity contribution in [3.8, 4) is 17.4 Å². The van der Waals surface area contributed by atoms with E-state index in [4.69, 9.17) is 14.5 Å². The van der Waals surface area contributed by atoms with E-state index in [0.29, 0.717) is 41.8 Å². The first kappa shape index (κ1) is 44.0. The molecule has 7 heterocycles. The lowest BCUT2D eigenvalue weighted by Gasteiger charge is -2.56. The van der Waals surface area contributed by atoms with Crippen LogP contribution < -0.4 is 24.4 Å². The van der Waals surface area contributed by atoms with Crippen LogP contribution in [0.2, 0.25) is 0 Å². The quantitative estimate of drug-likeness (QED) is 0.0865. The molecule has 0 unspecified atom stereocenters. The third kappa shape index (κ3) is 8.78. The maximum absolute atomic E-state index is 14.1. The number of amides is 1. The Morgan fingerprint density at radius 3 is 2.59 bits per heavy atom. The Morgan fingerprint density at radius 2 is 1.82 bits per heavy atom. The predicted molar refractivity (Wildman–Crippen MR) is 251 cm³/mol. The molecule has 1 saturated carbocycles. The lowest BCUT2D eigenvalue weighted by molar-refractivity contribution is -0.384. The average Bonchev–Trinajstić information content (AvgIpc) is 3.99. The van der Waals surface area contributed by atoms with E-state index >= 15 is 0 Å². The second kappa shape index (κ2) is 17.8. The SMILES string of the molecule is CC(C)c1ccccc1[C@@H]1CCCN1C1CC2(CCN(c3ccc(C(=O)NS(=O)(=O)c4cc5c(c([N+](=O)[O-])c4)N[C@@H](CN4CCN(C)CC4)CO5)c(Oc4cnc5[nH]ccc5c4)n3)CC2)C1. The summed E-state index contributed by atoms with van der Waals surface area (Å²) in [4.78, 5) is 47.1. The normalized spacial score (nSPS) is 21.6. The zero-order valence-corrected chi connectivity index (χ0v) is 38.6. The van der Waals surface area contributed by atoms with Crippen LogP contribution in [0.15, 0.2) is 78.0 Å². The van der Waals surface area contributed by atoms with Gasteiger partial charge in [-0.3, -0.25) is 24.7 Å². The second-order valence-corrected chi connectivity index (χ2v) is 20.9. The van der Waals surface area contributed by atoms with E-state index in [1.807, 2.05) is 6.07 Å². The lowest BCUT2D eigenvalue weighted by atomic mass is 9.60. The van der Waals surface area contributed by atoms with Crippen molar-refractivity contribution in [2.45, 2.75) is 81.3 Å². The summed E-state index contributed by atoms with van der Waals surface area (Å²) in [5.41, 5.74) is 3.36. The Labute approximate surface area is 385 Å². The number of pyridine rings is 2. The number of nitrogens with one attached hydrogen (secondary N) is 3. The number of aromatic amines is 1. The second-order valence-electron chi connectivity index (χ2n) is 19.2. The third-order valence-corrected chi connectivity index (χ3v) is 15.9. The summed E-state index contributed by atoms with van der Waals surface area (Å²) < 4.78 is 42.2. The van der Waals surface area contributed by atoms with E-state index in [1.165, 1.54) is 55.1 Å². The van der Waals surface area contributed by atoms with Gasteiger partial charge >= 0.3 is 0 Å². The number of piperazine rings is 1. The number of nitrogens with zero attached hydrogens (tertiary/aromatic N) is 7. The maximum atomic E-state index is 14.1. The Hall–Kier alpha value is -5.82. The summed E-state index contributed by atoms with van der Waals surface area (Å²) in [5, 5.41) is 16.4. The number of likely N-dealkylation sites (tertiary alicyclic amines) is 1. The van der Waals surface area contributed by atoms with Gasteiger partial charge in [0.2, 0.25) is 5.88 Å². The van der Waals surface area contributed by atoms with Crippen molar-refractivity contribution in [3.05, 3.63) is 99.9 Å². The lowest BCUT2D eigenvalue weighted by Crippen LogP contribution is -2.55. The van der Waals surface area contributed by atoms with Crippen LogP contribution in [-0.2, 0) is 10.0 Å². The zero-order valence-electron chi connectivity index (χ0n) is 37.7. The molecule has 1 amide bonds. The number of ether oxygens (including phenoxy) is 2.